The predicted molar refractivity (Wildman–Crippen MR) is 135 cm³/mol. The minimum atomic E-state index is -0.718. The molecule has 2 aromatic heterocycles. The highest BCUT2D eigenvalue weighted by atomic mass is 16.6. The summed E-state index contributed by atoms with van der Waals surface area (Å²) in [5.74, 6) is 1.00. The lowest BCUT2D eigenvalue weighted by Gasteiger charge is -2.33. The SMILES string of the molecule is Cc1ccc(O[C@H]2CCCN(C(=O)Cn3cc(NC(=O)C4CC(Oc5ccnc(N)n5)CO4)nn3)C2)cc1. The molecule has 0 bridgehead atoms. The number of nitrogens with zero attached hydrogens (tertiary/aromatic N) is 6. The molecule has 2 aliphatic heterocycles. The van der Waals surface area contributed by atoms with Gasteiger partial charge in [0.15, 0.2) is 5.82 Å². The molecule has 2 fully saturated rings. The molecule has 5 rings (SSSR count). The van der Waals surface area contributed by atoms with Crippen LogP contribution in [0.1, 0.15) is 24.8 Å². The summed E-state index contributed by atoms with van der Waals surface area (Å²) in [6, 6.07) is 9.48. The molecule has 3 N–H and O–H groups in total. The number of nitrogens with one attached hydrogen (secondary N) is 1. The van der Waals surface area contributed by atoms with Crippen LogP contribution in [0.3, 0.4) is 0 Å². The fourth-order valence-electron chi connectivity index (χ4n) is 4.40. The third-order valence-electron chi connectivity index (χ3n) is 6.33. The minimum absolute atomic E-state index is 0.0119. The van der Waals surface area contributed by atoms with Crippen molar-refractivity contribution in [1.29, 1.82) is 0 Å². The summed E-state index contributed by atoms with van der Waals surface area (Å²) in [6.07, 6.45) is 3.97. The zero-order chi connectivity index (χ0) is 26.5. The Hall–Kier alpha value is -4.26. The third-order valence-corrected chi connectivity index (χ3v) is 6.33. The Balaban J connectivity index is 1.08. The molecule has 13 nitrogen and oxygen atoms in total. The predicted octanol–water partition coefficient (Wildman–Crippen LogP) is 1.20. The first-order valence-corrected chi connectivity index (χ1v) is 12.5. The molecule has 0 radical (unpaired) electrons. The number of anilines is 2. The number of carbonyl (C=O) groups excluding carboxylic acids is 2. The molecule has 38 heavy (non-hydrogen) atoms. The van der Waals surface area contributed by atoms with Crippen molar-refractivity contribution in [3.63, 3.8) is 0 Å². The van der Waals surface area contributed by atoms with E-state index >= 15 is 0 Å². The average molecular weight is 523 g/mol. The number of likely N-dealkylation sites (tertiary alicyclic amines) is 1. The highest BCUT2D eigenvalue weighted by molar-refractivity contribution is 5.93. The molecule has 200 valence electrons. The van der Waals surface area contributed by atoms with Gasteiger partial charge in [0.2, 0.25) is 17.7 Å². The summed E-state index contributed by atoms with van der Waals surface area (Å²) in [6.45, 7) is 3.44. The number of aromatic nitrogens is 5. The lowest BCUT2D eigenvalue weighted by molar-refractivity contribution is -0.134. The van der Waals surface area contributed by atoms with Crippen LogP contribution in [-0.2, 0) is 20.9 Å². The molecule has 3 aromatic rings. The van der Waals surface area contributed by atoms with E-state index in [-0.39, 0.29) is 48.9 Å². The van der Waals surface area contributed by atoms with Gasteiger partial charge in [-0.05, 0) is 31.9 Å². The van der Waals surface area contributed by atoms with Crippen LogP contribution in [0, 0.1) is 6.92 Å². The standard InChI is InChI=1S/C25H30N8O5/c1-16-4-6-17(7-5-16)37-18-3-2-10-32(12-18)23(34)14-33-13-21(30-31-33)28-24(35)20-11-19(15-36-20)38-22-8-9-27-25(26)29-22/h4-9,13,18-20H,2-3,10-12,14-15H2,1H3,(H,28,35)(H2,26,27,29)/t18-,19?,20?/m0/s1. The second kappa shape index (κ2) is 11.4. The molecule has 4 heterocycles. The number of nitrogen functional groups attached to an aromatic ring is 1. The number of ether oxygens (including phenoxy) is 3. The molecule has 2 saturated heterocycles. The van der Waals surface area contributed by atoms with Gasteiger partial charge in [-0.3, -0.25) is 9.59 Å². The van der Waals surface area contributed by atoms with E-state index in [0.717, 1.165) is 18.6 Å². The number of nitrogens with two attached hydrogens (primary N) is 1. The number of rotatable bonds is 8. The Kier molecular flexibility index (Phi) is 7.63. The topological polar surface area (TPSA) is 160 Å². The minimum Gasteiger partial charge on any atom is -0.489 e. The van der Waals surface area contributed by atoms with E-state index < -0.39 is 6.10 Å². The molecule has 13 heteroatoms. The lowest BCUT2D eigenvalue weighted by atomic mass is 10.1. The zero-order valence-corrected chi connectivity index (χ0v) is 21.0. The molecular formula is C25H30N8O5. The molecule has 2 unspecified atom stereocenters. The first-order valence-electron chi connectivity index (χ1n) is 12.5. The molecule has 2 amide bonds. The second-order valence-corrected chi connectivity index (χ2v) is 9.38. The maximum absolute atomic E-state index is 12.9. The smallest absolute Gasteiger partial charge is 0.254 e. The van der Waals surface area contributed by atoms with Crippen molar-refractivity contribution in [1.82, 2.24) is 29.9 Å². The lowest BCUT2D eigenvalue weighted by Crippen LogP contribution is -2.45. The van der Waals surface area contributed by atoms with Crippen LogP contribution in [-0.4, -0.2) is 79.7 Å². The average Bonchev–Trinajstić information content (AvgIpc) is 3.55. The maximum Gasteiger partial charge on any atom is 0.254 e. The van der Waals surface area contributed by atoms with Gasteiger partial charge in [0, 0.05) is 25.2 Å². The van der Waals surface area contributed by atoms with E-state index in [2.05, 4.69) is 25.6 Å². The van der Waals surface area contributed by atoms with Crippen molar-refractivity contribution in [3.05, 3.63) is 48.3 Å². The normalized spacial score (nSPS) is 21.2. The van der Waals surface area contributed by atoms with Crippen LogP contribution >= 0.6 is 0 Å². The van der Waals surface area contributed by atoms with Gasteiger partial charge < -0.3 is 30.2 Å². The van der Waals surface area contributed by atoms with Crippen molar-refractivity contribution >= 4 is 23.6 Å². The molecule has 0 saturated carbocycles. The number of carbonyl (C=O) groups is 2. The summed E-state index contributed by atoms with van der Waals surface area (Å²) in [5, 5.41) is 10.6. The molecule has 2 aliphatic rings. The van der Waals surface area contributed by atoms with E-state index in [1.807, 2.05) is 31.2 Å². The van der Waals surface area contributed by atoms with Crippen LogP contribution in [0.15, 0.2) is 42.7 Å². The quantitative estimate of drug-likeness (QED) is 0.440. The number of aryl methyl sites for hydroxylation is 1. The van der Waals surface area contributed by atoms with Crippen LogP contribution in [0.4, 0.5) is 11.8 Å². The number of hydrogen-bond acceptors (Lipinski definition) is 10. The Morgan fingerprint density at radius 3 is 2.84 bits per heavy atom. The summed E-state index contributed by atoms with van der Waals surface area (Å²) in [7, 11) is 0. The second-order valence-electron chi connectivity index (χ2n) is 9.38. The molecule has 0 aliphatic carbocycles. The summed E-state index contributed by atoms with van der Waals surface area (Å²) in [5.41, 5.74) is 6.73. The summed E-state index contributed by atoms with van der Waals surface area (Å²) < 4.78 is 18.8. The fraction of sp³-hybridized carbons (Fsp3) is 0.440. The van der Waals surface area contributed by atoms with Crippen molar-refractivity contribution < 1.29 is 23.8 Å². The summed E-state index contributed by atoms with van der Waals surface area (Å²) in [4.78, 5) is 35.1. The van der Waals surface area contributed by atoms with Crippen molar-refractivity contribution in [2.24, 2.45) is 0 Å². The highest BCUT2D eigenvalue weighted by Gasteiger charge is 2.33. The van der Waals surface area contributed by atoms with E-state index in [4.69, 9.17) is 19.9 Å². The van der Waals surface area contributed by atoms with Gasteiger partial charge >= 0.3 is 0 Å². The van der Waals surface area contributed by atoms with E-state index in [1.165, 1.54) is 22.6 Å². The van der Waals surface area contributed by atoms with Gasteiger partial charge in [-0.2, -0.15) is 4.98 Å². The van der Waals surface area contributed by atoms with Gasteiger partial charge in [-0.15, -0.1) is 5.10 Å². The Labute approximate surface area is 219 Å². The van der Waals surface area contributed by atoms with E-state index in [9.17, 15) is 9.59 Å². The van der Waals surface area contributed by atoms with Crippen LogP contribution in [0.2, 0.25) is 0 Å². The van der Waals surface area contributed by atoms with Crippen LogP contribution < -0.4 is 20.5 Å². The van der Waals surface area contributed by atoms with Gasteiger partial charge in [0.05, 0.1) is 19.3 Å². The number of hydrogen-bond donors (Lipinski definition) is 2. The van der Waals surface area contributed by atoms with E-state index in [1.54, 1.807) is 11.0 Å². The Morgan fingerprint density at radius 2 is 2.03 bits per heavy atom. The van der Waals surface area contributed by atoms with Gasteiger partial charge in [0.25, 0.3) is 5.91 Å². The molecule has 0 spiro atoms. The molecule has 1 aromatic carbocycles. The Morgan fingerprint density at radius 1 is 1.18 bits per heavy atom. The van der Waals surface area contributed by atoms with E-state index in [0.29, 0.717) is 25.4 Å². The summed E-state index contributed by atoms with van der Waals surface area (Å²) >= 11 is 0. The van der Waals surface area contributed by atoms with Gasteiger partial charge in [0.1, 0.15) is 30.6 Å². The highest BCUT2D eigenvalue weighted by Crippen LogP contribution is 2.21. The molecular weight excluding hydrogens is 492 g/mol. The van der Waals surface area contributed by atoms with Gasteiger partial charge in [-0.25, -0.2) is 9.67 Å². The number of amides is 2. The van der Waals surface area contributed by atoms with Crippen molar-refractivity contribution in [2.75, 3.05) is 30.7 Å². The third kappa shape index (κ3) is 6.54. The molecule has 3 atom stereocenters. The van der Waals surface area contributed by atoms with Gasteiger partial charge in [-0.1, -0.05) is 22.9 Å². The Bertz CT molecular complexity index is 1270. The maximum atomic E-state index is 12.9. The first-order chi connectivity index (χ1) is 18.4. The monoisotopic (exact) mass is 522 g/mol. The number of piperidine rings is 1. The largest absolute Gasteiger partial charge is 0.489 e. The zero-order valence-electron chi connectivity index (χ0n) is 21.0. The first kappa shape index (κ1) is 25.4. The fourth-order valence-corrected chi connectivity index (χ4v) is 4.40. The van der Waals surface area contributed by atoms with Crippen LogP contribution in [0.25, 0.3) is 0 Å². The van der Waals surface area contributed by atoms with Crippen molar-refractivity contribution in [2.45, 2.75) is 51.0 Å². The number of benzene rings is 1. The van der Waals surface area contributed by atoms with Crippen LogP contribution in [0.5, 0.6) is 11.6 Å². The van der Waals surface area contributed by atoms with Crippen molar-refractivity contribution in [3.8, 4) is 11.6 Å².